The van der Waals surface area contributed by atoms with Crippen LogP contribution in [-0.2, 0) is 22.6 Å². The van der Waals surface area contributed by atoms with E-state index >= 15 is 0 Å². The van der Waals surface area contributed by atoms with Crippen LogP contribution in [0, 0.1) is 38.5 Å². The van der Waals surface area contributed by atoms with Crippen molar-refractivity contribution in [3.63, 3.8) is 0 Å². The Morgan fingerprint density at radius 3 is 1.69 bits per heavy atom. The van der Waals surface area contributed by atoms with Crippen LogP contribution in [0.2, 0.25) is 0 Å². The SMILES string of the molecule is C.C#CCNCCOC(=O)N1CCN(CCn2ccc(=O)c(O)c2C)CC1.C#CCNCCOC(=O)N1CCNCC1.Cc1c(O)c(=O)ccn1CCCl.[HH].[HH]. The molecule has 17 heteroatoms. The molecule has 4 heterocycles. The number of carbonyl (C=O) groups excluding carboxylic acids is 2. The third-order valence-corrected chi connectivity index (χ3v) is 8.45. The van der Waals surface area contributed by atoms with Crippen LogP contribution >= 0.6 is 11.6 Å². The van der Waals surface area contributed by atoms with Crippen LogP contribution in [0.5, 0.6) is 11.5 Å². The first kappa shape index (κ1) is 47.3. The predicted octanol–water partition coefficient (Wildman–Crippen LogP) is 1.32. The average Bonchev–Trinajstić information content (AvgIpc) is 3.17. The Morgan fingerprint density at radius 1 is 0.796 bits per heavy atom. The summed E-state index contributed by atoms with van der Waals surface area (Å²) in [6.45, 7) is 14.1. The summed E-state index contributed by atoms with van der Waals surface area (Å²) >= 11 is 5.52. The van der Waals surface area contributed by atoms with Gasteiger partial charge in [0.25, 0.3) is 0 Å². The van der Waals surface area contributed by atoms with Gasteiger partial charge in [-0.05, 0) is 13.8 Å². The number of piperazine rings is 2. The van der Waals surface area contributed by atoms with E-state index in [0.717, 1.165) is 45.8 Å². The molecule has 2 aromatic rings. The zero-order valence-electron chi connectivity index (χ0n) is 30.6. The number of alkyl halides is 1. The number of pyridine rings is 2. The van der Waals surface area contributed by atoms with Gasteiger partial charge in [0.05, 0.1) is 24.5 Å². The van der Waals surface area contributed by atoms with E-state index in [-0.39, 0.29) is 44.8 Å². The number of halogens is 1. The number of amides is 2. The molecule has 0 aromatic carbocycles. The molecule has 0 bridgehead atoms. The minimum absolute atomic E-state index is 0. The number of nitrogens with one attached hydrogen (secondary N) is 3. The van der Waals surface area contributed by atoms with Crippen LogP contribution in [0.4, 0.5) is 9.59 Å². The van der Waals surface area contributed by atoms with Crippen LogP contribution in [0.15, 0.2) is 34.1 Å². The highest BCUT2D eigenvalue weighted by Crippen LogP contribution is 2.11. The van der Waals surface area contributed by atoms with Crippen molar-refractivity contribution in [1.82, 2.24) is 39.8 Å². The first-order chi connectivity index (χ1) is 25.5. The van der Waals surface area contributed by atoms with Crippen molar-refractivity contribution in [3.05, 3.63) is 56.4 Å². The highest BCUT2D eigenvalue weighted by Gasteiger charge is 2.22. The number of hydrogen-bond acceptors (Lipinski definition) is 12. The second-order valence-electron chi connectivity index (χ2n) is 11.9. The smallest absolute Gasteiger partial charge is 0.409 e. The molecule has 0 aliphatic carbocycles. The van der Waals surface area contributed by atoms with Crippen molar-refractivity contribution in [3.8, 4) is 36.2 Å². The second kappa shape index (κ2) is 27.0. The van der Waals surface area contributed by atoms with E-state index in [0.29, 0.717) is 82.8 Å². The highest BCUT2D eigenvalue weighted by molar-refractivity contribution is 6.17. The van der Waals surface area contributed by atoms with Crippen LogP contribution in [0.3, 0.4) is 0 Å². The number of nitrogens with zero attached hydrogens (tertiary/aromatic N) is 5. The number of rotatable bonds is 13. The highest BCUT2D eigenvalue weighted by atomic mass is 35.5. The number of ether oxygens (including phenoxy) is 2. The van der Waals surface area contributed by atoms with Crippen molar-refractivity contribution in [2.75, 3.05) is 104 Å². The lowest BCUT2D eigenvalue weighted by molar-refractivity contribution is 0.0761. The summed E-state index contributed by atoms with van der Waals surface area (Å²) in [6.07, 6.45) is 13.0. The molecule has 2 saturated heterocycles. The Hall–Kier alpha value is -4.71. The summed E-state index contributed by atoms with van der Waals surface area (Å²) in [5.74, 6) is 4.98. The molecule has 2 aliphatic heterocycles. The lowest BCUT2D eigenvalue weighted by Gasteiger charge is -2.34. The molecular weight excluding hydrogens is 720 g/mol. The molecule has 54 heavy (non-hydrogen) atoms. The Balaban J connectivity index is 0. The lowest BCUT2D eigenvalue weighted by atomic mass is 10.3. The number of aromatic hydroxyl groups is 2. The fourth-order valence-corrected chi connectivity index (χ4v) is 5.26. The molecule has 0 saturated carbocycles. The molecule has 2 aliphatic rings. The molecule has 0 unspecified atom stereocenters. The number of terminal acetylenes is 2. The Kier molecular flexibility index (Phi) is 23.6. The van der Waals surface area contributed by atoms with Crippen molar-refractivity contribution in [2.24, 2.45) is 0 Å². The van der Waals surface area contributed by atoms with Gasteiger partial charge in [-0.3, -0.25) is 14.5 Å². The topological polar surface area (TPSA) is 183 Å². The lowest BCUT2D eigenvalue weighted by Crippen LogP contribution is -2.49. The minimum Gasteiger partial charge on any atom is -0.503 e. The summed E-state index contributed by atoms with van der Waals surface area (Å²) in [5.41, 5.74) is 0.417. The fraction of sp³-hybridized carbons (Fsp3) is 0.568. The van der Waals surface area contributed by atoms with Gasteiger partial charge in [0.15, 0.2) is 11.5 Å². The monoisotopic (exact) mass is 780 g/mol. The molecule has 2 fully saturated rings. The molecule has 0 atom stereocenters. The standard InChI is InChI=1S/C18H26N4O4.C10H17N3O2.C8H10ClNO2.CH4.2H2/c1-3-5-19-6-14-26-18(25)22-12-9-20(10-13-22)8-11-21-7-4-16(23)17(24)15(21)2;1-2-3-11-6-9-15-10(14)13-7-4-12-5-8-13;1-6-8(12)7(11)2-4-10(6)5-3-9;;;/h1,4,7,19,24H,5-6,8-14H2,2H3;1,11-12H,3-9H2;2,4,12H,3,5H2,1H3;1H4;2*1H. The summed E-state index contributed by atoms with van der Waals surface area (Å²) < 4.78 is 13.9. The summed E-state index contributed by atoms with van der Waals surface area (Å²) in [6, 6.07) is 2.70. The third kappa shape index (κ3) is 17.0. The summed E-state index contributed by atoms with van der Waals surface area (Å²) in [7, 11) is 0. The molecule has 16 nitrogen and oxygen atoms in total. The van der Waals surface area contributed by atoms with Gasteiger partial charge in [-0.1, -0.05) is 19.3 Å². The van der Waals surface area contributed by atoms with Gasteiger partial charge in [0.1, 0.15) is 13.2 Å². The van der Waals surface area contributed by atoms with Crippen molar-refractivity contribution < 1.29 is 32.1 Å². The molecule has 0 spiro atoms. The maximum Gasteiger partial charge on any atom is 0.409 e. The quantitative estimate of drug-likeness (QED) is 0.112. The average molecular weight is 781 g/mol. The van der Waals surface area contributed by atoms with Gasteiger partial charge in [0, 0.05) is 118 Å². The Morgan fingerprint density at radius 2 is 1.24 bits per heavy atom. The largest absolute Gasteiger partial charge is 0.503 e. The van der Waals surface area contributed by atoms with Crippen LogP contribution < -0.4 is 26.8 Å². The van der Waals surface area contributed by atoms with Gasteiger partial charge in [-0.15, -0.1) is 24.4 Å². The summed E-state index contributed by atoms with van der Waals surface area (Å²) in [5, 5.41) is 28.0. The molecule has 2 amide bonds. The van der Waals surface area contributed by atoms with E-state index in [1.54, 1.807) is 40.6 Å². The maximum absolute atomic E-state index is 12.0. The Labute approximate surface area is 326 Å². The van der Waals surface area contributed by atoms with Crippen molar-refractivity contribution in [1.29, 1.82) is 0 Å². The number of aromatic nitrogens is 2. The number of aryl methyl sites for hydroxylation is 1. The van der Waals surface area contributed by atoms with E-state index in [9.17, 15) is 29.4 Å². The van der Waals surface area contributed by atoms with E-state index in [1.807, 2.05) is 4.57 Å². The second-order valence-corrected chi connectivity index (χ2v) is 12.2. The zero-order valence-corrected chi connectivity index (χ0v) is 31.4. The first-order valence-corrected chi connectivity index (χ1v) is 18.0. The van der Waals surface area contributed by atoms with Crippen LogP contribution in [-0.4, -0.2) is 150 Å². The van der Waals surface area contributed by atoms with Gasteiger partial charge in [0.2, 0.25) is 10.9 Å². The van der Waals surface area contributed by atoms with Crippen LogP contribution in [0.25, 0.3) is 0 Å². The van der Waals surface area contributed by atoms with Gasteiger partial charge in [-0.25, -0.2) is 9.59 Å². The normalized spacial score (nSPS) is 13.8. The first-order valence-electron chi connectivity index (χ1n) is 17.4. The van der Waals surface area contributed by atoms with Gasteiger partial charge < -0.3 is 54.6 Å². The van der Waals surface area contributed by atoms with Crippen molar-refractivity contribution in [2.45, 2.75) is 34.4 Å². The fourth-order valence-electron chi connectivity index (χ4n) is 5.08. The zero-order chi connectivity index (χ0) is 39.0. The van der Waals surface area contributed by atoms with Crippen LogP contribution in [0.1, 0.15) is 21.7 Å². The van der Waals surface area contributed by atoms with E-state index in [4.69, 9.17) is 33.9 Å². The van der Waals surface area contributed by atoms with E-state index in [2.05, 4.69) is 32.7 Å². The third-order valence-electron chi connectivity index (χ3n) is 8.28. The summed E-state index contributed by atoms with van der Waals surface area (Å²) in [4.78, 5) is 51.4. The molecule has 4 rings (SSSR count). The minimum atomic E-state index is -0.361. The molecule has 304 valence electrons. The molecule has 0 radical (unpaired) electrons. The number of carbonyl (C=O) groups is 2. The van der Waals surface area contributed by atoms with Gasteiger partial charge in [-0.2, -0.15) is 0 Å². The molecular formula is C37H61ClN8O8. The van der Waals surface area contributed by atoms with E-state index in [1.165, 1.54) is 12.1 Å². The maximum atomic E-state index is 12.0. The molecule has 5 N–H and O–H groups in total. The predicted molar refractivity (Wildman–Crippen MR) is 214 cm³/mol. The Bertz CT molecular complexity index is 1640. The van der Waals surface area contributed by atoms with E-state index < -0.39 is 0 Å². The van der Waals surface area contributed by atoms with Crippen molar-refractivity contribution >= 4 is 23.8 Å². The molecule has 2 aromatic heterocycles. The number of hydrogen-bond donors (Lipinski definition) is 5. The van der Waals surface area contributed by atoms with Gasteiger partial charge >= 0.3 is 12.2 Å².